The second kappa shape index (κ2) is 6.62. The molecule has 2 aromatic rings. The van der Waals surface area contributed by atoms with Crippen LogP contribution in [-0.2, 0) is 0 Å². The number of nitrogens with zero attached hydrogens (tertiary/aromatic N) is 1. The number of pyridine rings is 1. The van der Waals surface area contributed by atoms with Crippen molar-refractivity contribution in [2.75, 3.05) is 10.6 Å². The minimum atomic E-state index is -0.515. The molecule has 152 valence electrons. The van der Waals surface area contributed by atoms with E-state index in [0.717, 1.165) is 37.8 Å². The van der Waals surface area contributed by atoms with E-state index in [0.29, 0.717) is 34.8 Å². The van der Waals surface area contributed by atoms with Gasteiger partial charge in [-0.15, -0.1) is 0 Å². The Morgan fingerprint density at radius 3 is 2.45 bits per heavy atom. The lowest BCUT2D eigenvalue weighted by Crippen LogP contribution is -2.59. The van der Waals surface area contributed by atoms with Crippen LogP contribution in [-0.4, -0.2) is 32.7 Å². The number of benzene rings is 1. The smallest absolute Gasteiger partial charge is 0.252 e. The van der Waals surface area contributed by atoms with Gasteiger partial charge < -0.3 is 26.6 Å². The normalized spacial score (nSPS) is 32.2. The van der Waals surface area contributed by atoms with Crippen molar-refractivity contribution in [2.24, 2.45) is 23.5 Å². The van der Waals surface area contributed by atoms with Gasteiger partial charge in [0.1, 0.15) is 11.6 Å². The molecule has 4 bridgehead atoms. The summed E-state index contributed by atoms with van der Waals surface area (Å²) in [5.74, 6) is 1.71. The third-order valence-electron chi connectivity index (χ3n) is 6.87. The molecule has 6 N–H and O–H groups in total. The summed E-state index contributed by atoms with van der Waals surface area (Å²) in [4.78, 5) is 16.3. The molecule has 7 heteroatoms. The number of aliphatic hydroxyl groups is 1. The van der Waals surface area contributed by atoms with Gasteiger partial charge in [0.2, 0.25) is 0 Å². The van der Waals surface area contributed by atoms with Crippen molar-refractivity contribution in [1.82, 2.24) is 4.98 Å². The van der Waals surface area contributed by atoms with E-state index in [2.05, 4.69) is 15.6 Å². The Kier molecular flexibility index (Phi) is 4.17. The maximum atomic E-state index is 12.0. The number of phenols is 1. The Morgan fingerprint density at radius 2 is 1.83 bits per heavy atom. The highest BCUT2D eigenvalue weighted by Gasteiger charge is 2.54. The predicted octanol–water partition coefficient (Wildman–Crippen LogP) is 2.98. The minimum Gasteiger partial charge on any atom is -0.508 e. The van der Waals surface area contributed by atoms with Crippen LogP contribution in [0.3, 0.4) is 0 Å². The summed E-state index contributed by atoms with van der Waals surface area (Å²) < 4.78 is 0. The van der Waals surface area contributed by atoms with Crippen molar-refractivity contribution >= 4 is 23.1 Å². The summed E-state index contributed by atoms with van der Waals surface area (Å²) in [7, 11) is 0. The van der Waals surface area contributed by atoms with Crippen molar-refractivity contribution < 1.29 is 15.0 Å². The number of nitrogens with one attached hydrogen (secondary N) is 2. The van der Waals surface area contributed by atoms with Crippen molar-refractivity contribution in [3.63, 3.8) is 0 Å². The lowest BCUT2D eigenvalue weighted by Gasteiger charge is -2.58. The zero-order chi connectivity index (χ0) is 20.2. The zero-order valence-electron chi connectivity index (χ0n) is 16.1. The fourth-order valence-corrected chi connectivity index (χ4v) is 5.93. The number of primary amides is 1. The maximum Gasteiger partial charge on any atom is 0.252 e. The Hall–Kier alpha value is -2.80. The van der Waals surface area contributed by atoms with Gasteiger partial charge in [0.25, 0.3) is 5.91 Å². The molecule has 1 aromatic carbocycles. The van der Waals surface area contributed by atoms with E-state index in [1.807, 2.05) is 6.07 Å². The molecule has 7 nitrogen and oxygen atoms in total. The predicted molar refractivity (Wildman–Crippen MR) is 110 cm³/mol. The lowest BCUT2D eigenvalue weighted by molar-refractivity contribution is -0.129. The van der Waals surface area contributed by atoms with Gasteiger partial charge in [-0.2, -0.15) is 0 Å². The summed E-state index contributed by atoms with van der Waals surface area (Å²) in [5, 5.41) is 27.0. The average molecular weight is 394 g/mol. The molecule has 1 heterocycles. The van der Waals surface area contributed by atoms with Crippen LogP contribution in [0.2, 0.25) is 0 Å². The zero-order valence-corrected chi connectivity index (χ0v) is 16.1. The molecule has 1 aromatic heterocycles. The van der Waals surface area contributed by atoms with Crippen molar-refractivity contribution in [1.29, 1.82) is 0 Å². The Labute approximate surface area is 169 Å². The fraction of sp³-hybridized carbons (Fsp3) is 0.455. The molecule has 4 aliphatic carbocycles. The van der Waals surface area contributed by atoms with E-state index in [1.54, 1.807) is 24.3 Å². The number of amides is 1. The van der Waals surface area contributed by atoms with Crippen molar-refractivity contribution in [3.05, 3.63) is 42.1 Å². The molecule has 6 rings (SSSR count). The molecule has 0 aliphatic heterocycles. The first-order valence-electron chi connectivity index (χ1n) is 10.2. The summed E-state index contributed by atoms with van der Waals surface area (Å²) in [5.41, 5.74) is 6.93. The topological polar surface area (TPSA) is 121 Å². The summed E-state index contributed by atoms with van der Waals surface area (Å²) >= 11 is 0. The number of rotatable bonds is 5. The minimum absolute atomic E-state index is 0.193. The lowest BCUT2D eigenvalue weighted by atomic mass is 9.52. The van der Waals surface area contributed by atoms with E-state index in [-0.39, 0.29) is 11.8 Å². The quantitative estimate of drug-likeness (QED) is 0.497. The summed E-state index contributed by atoms with van der Waals surface area (Å²) in [6.07, 6.45) is 6.35. The molecule has 4 fully saturated rings. The molecular formula is C22H26N4O3. The highest BCUT2D eigenvalue weighted by Crippen LogP contribution is 2.56. The largest absolute Gasteiger partial charge is 0.508 e. The van der Waals surface area contributed by atoms with Crippen molar-refractivity contribution in [2.45, 2.75) is 43.7 Å². The number of hydrogen-bond acceptors (Lipinski definition) is 6. The highest BCUT2D eigenvalue weighted by atomic mass is 16.3. The van der Waals surface area contributed by atoms with Crippen LogP contribution in [0.25, 0.3) is 0 Å². The van der Waals surface area contributed by atoms with E-state index in [9.17, 15) is 15.0 Å². The van der Waals surface area contributed by atoms with Gasteiger partial charge in [-0.1, -0.05) is 0 Å². The number of phenolic OH excluding ortho intramolecular Hbond substituents is 1. The first kappa shape index (κ1) is 18.2. The van der Waals surface area contributed by atoms with E-state index in [1.165, 1.54) is 6.20 Å². The Balaban J connectivity index is 1.41. The van der Waals surface area contributed by atoms with Gasteiger partial charge in [0.05, 0.1) is 16.9 Å². The number of hydrogen-bond donors (Lipinski definition) is 5. The Morgan fingerprint density at radius 1 is 1.14 bits per heavy atom. The molecule has 5 atom stereocenters. The van der Waals surface area contributed by atoms with Gasteiger partial charge in [-0.25, -0.2) is 4.98 Å². The molecule has 29 heavy (non-hydrogen) atoms. The third kappa shape index (κ3) is 3.40. The van der Waals surface area contributed by atoms with Gasteiger partial charge in [-0.05, 0) is 74.1 Å². The number of anilines is 3. The molecule has 4 aliphatic rings. The fourth-order valence-electron chi connectivity index (χ4n) is 5.93. The highest BCUT2D eigenvalue weighted by molar-refractivity contribution is 5.98. The van der Waals surface area contributed by atoms with Gasteiger partial charge >= 0.3 is 0 Å². The van der Waals surface area contributed by atoms with Crippen LogP contribution in [0.1, 0.15) is 42.5 Å². The van der Waals surface area contributed by atoms with Gasteiger partial charge in [-0.3, -0.25) is 4.79 Å². The number of carbonyl (C=O) groups is 1. The van der Waals surface area contributed by atoms with Crippen molar-refractivity contribution in [3.8, 4) is 5.75 Å². The SMILES string of the molecule is NC(=O)c1cnc(Nc2ccc(O)cc2)cc1N[C@@H]1[C@@H]2CC3C[C@H]1C[C@@](O)(C3)C2. The second-order valence-electron chi connectivity index (χ2n) is 9.02. The van der Waals surface area contributed by atoms with E-state index >= 15 is 0 Å². The third-order valence-corrected chi connectivity index (χ3v) is 6.87. The molecule has 0 radical (unpaired) electrons. The van der Waals surface area contributed by atoms with Crippen LogP contribution < -0.4 is 16.4 Å². The monoisotopic (exact) mass is 394 g/mol. The van der Waals surface area contributed by atoms with Gasteiger partial charge in [0, 0.05) is 24.0 Å². The van der Waals surface area contributed by atoms with E-state index < -0.39 is 11.5 Å². The number of aromatic nitrogens is 1. The van der Waals surface area contributed by atoms with E-state index in [4.69, 9.17) is 5.73 Å². The van der Waals surface area contributed by atoms with Crippen LogP contribution in [0, 0.1) is 17.8 Å². The van der Waals surface area contributed by atoms with Crippen LogP contribution >= 0.6 is 0 Å². The maximum absolute atomic E-state index is 12.0. The second-order valence-corrected chi connectivity index (χ2v) is 9.02. The van der Waals surface area contributed by atoms with Crippen LogP contribution in [0.15, 0.2) is 36.5 Å². The van der Waals surface area contributed by atoms with Crippen LogP contribution in [0.5, 0.6) is 5.75 Å². The average Bonchev–Trinajstić information content (AvgIpc) is 2.65. The molecule has 0 saturated heterocycles. The van der Waals surface area contributed by atoms with Crippen LogP contribution in [0.4, 0.5) is 17.2 Å². The molecule has 4 saturated carbocycles. The molecule has 0 spiro atoms. The van der Waals surface area contributed by atoms with Gasteiger partial charge in [0.15, 0.2) is 0 Å². The number of carbonyl (C=O) groups excluding carboxylic acids is 1. The number of aromatic hydroxyl groups is 1. The number of nitrogens with two attached hydrogens (primary N) is 1. The summed E-state index contributed by atoms with van der Waals surface area (Å²) in [6.45, 7) is 0. The first-order valence-corrected chi connectivity index (χ1v) is 10.2. The first-order chi connectivity index (χ1) is 13.9. The molecule has 1 unspecified atom stereocenters. The molecule has 1 amide bonds. The standard InChI is InChI=1S/C22H26N4O3/c23-21(28)17-11-24-19(25-15-1-3-16(27)4-2-15)7-18(17)26-20-13-5-12-6-14(20)10-22(29,8-12)9-13/h1-4,7,11-14,20,27,29H,5-6,8-10H2,(H2,23,28)(H2,24,25,26)/t12?,13-,14+,20-,22-. The molecular weight excluding hydrogens is 368 g/mol. The summed E-state index contributed by atoms with van der Waals surface area (Å²) in [6, 6.07) is 8.74. The Bertz CT molecular complexity index is 930.